The van der Waals surface area contributed by atoms with Gasteiger partial charge in [0.05, 0.1) is 6.10 Å². The molecule has 0 saturated carbocycles. The minimum absolute atomic E-state index is 0.379. The molecule has 1 atom stereocenters. The van der Waals surface area contributed by atoms with Crippen LogP contribution < -0.4 is 5.32 Å². The van der Waals surface area contributed by atoms with Gasteiger partial charge in [-0.25, -0.2) is 0 Å². The van der Waals surface area contributed by atoms with Crippen molar-refractivity contribution in [3.63, 3.8) is 0 Å². The van der Waals surface area contributed by atoms with Gasteiger partial charge in [0.25, 0.3) is 0 Å². The monoisotopic (exact) mass is 247 g/mol. The van der Waals surface area contributed by atoms with E-state index < -0.39 is 0 Å². The molecule has 0 aliphatic heterocycles. The molecule has 1 aromatic carbocycles. The standard InChI is InChI=1S/C16H25NO/c1-12(2)10-17-11-16(18)15-8-7-13-5-3-4-6-14(13)9-15/h7-9,12,16-18H,3-6,10-11H2,1-2H3. The lowest BCUT2D eigenvalue weighted by molar-refractivity contribution is 0.173. The smallest absolute Gasteiger partial charge is 0.0914 e. The molecule has 0 amide bonds. The maximum absolute atomic E-state index is 10.2. The number of fused-ring (bicyclic) bond motifs is 1. The first-order valence-electron chi connectivity index (χ1n) is 7.17. The Hall–Kier alpha value is -0.860. The fraction of sp³-hybridized carbons (Fsp3) is 0.625. The molecule has 100 valence electrons. The van der Waals surface area contributed by atoms with Crippen molar-refractivity contribution < 1.29 is 5.11 Å². The number of aliphatic hydroxyl groups is 1. The summed E-state index contributed by atoms with van der Waals surface area (Å²) in [6, 6.07) is 6.50. The second kappa shape index (κ2) is 6.35. The number of benzene rings is 1. The average Bonchev–Trinajstić information content (AvgIpc) is 2.37. The van der Waals surface area contributed by atoms with Crippen molar-refractivity contribution in [2.75, 3.05) is 13.1 Å². The van der Waals surface area contributed by atoms with Crippen LogP contribution in [0.1, 0.15) is 49.5 Å². The number of rotatable bonds is 5. The van der Waals surface area contributed by atoms with Gasteiger partial charge in [-0.1, -0.05) is 32.0 Å². The number of aliphatic hydroxyl groups excluding tert-OH is 1. The van der Waals surface area contributed by atoms with Crippen LogP contribution in [0.5, 0.6) is 0 Å². The van der Waals surface area contributed by atoms with Crippen LogP contribution in [0.25, 0.3) is 0 Å². The molecule has 2 rings (SSSR count). The maximum atomic E-state index is 10.2. The molecule has 18 heavy (non-hydrogen) atoms. The third kappa shape index (κ3) is 3.56. The van der Waals surface area contributed by atoms with Crippen molar-refractivity contribution >= 4 is 0 Å². The van der Waals surface area contributed by atoms with E-state index in [1.165, 1.54) is 36.8 Å². The Morgan fingerprint density at radius 1 is 1.11 bits per heavy atom. The zero-order valence-corrected chi connectivity index (χ0v) is 11.6. The van der Waals surface area contributed by atoms with E-state index in [9.17, 15) is 5.11 Å². The molecule has 0 bridgehead atoms. The highest BCUT2D eigenvalue weighted by molar-refractivity contribution is 5.34. The largest absolute Gasteiger partial charge is 0.387 e. The lowest BCUT2D eigenvalue weighted by Crippen LogP contribution is -2.25. The molecule has 0 radical (unpaired) electrons. The Balaban J connectivity index is 1.95. The van der Waals surface area contributed by atoms with Crippen LogP contribution in [0.3, 0.4) is 0 Å². The second-order valence-electron chi connectivity index (χ2n) is 5.80. The Labute approximate surface area is 110 Å². The van der Waals surface area contributed by atoms with Gasteiger partial charge >= 0.3 is 0 Å². The third-order valence-electron chi connectivity index (χ3n) is 3.65. The van der Waals surface area contributed by atoms with Gasteiger partial charge in [-0.15, -0.1) is 0 Å². The summed E-state index contributed by atoms with van der Waals surface area (Å²) in [6.07, 6.45) is 4.60. The molecule has 2 heteroatoms. The van der Waals surface area contributed by atoms with E-state index in [0.29, 0.717) is 12.5 Å². The van der Waals surface area contributed by atoms with Gasteiger partial charge in [0.2, 0.25) is 0 Å². The lowest BCUT2D eigenvalue weighted by atomic mass is 9.89. The first kappa shape index (κ1) is 13.6. The Morgan fingerprint density at radius 3 is 2.56 bits per heavy atom. The number of nitrogens with one attached hydrogen (secondary N) is 1. The van der Waals surface area contributed by atoms with Gasteiger partial charge in [0.15, 0.2) is 0 Å². The highest BCUT2D eigenvalue weighted by Crippen LogP contribution is 2.24. The summed E-state index contributed by atoms with van der Waals surface area (Å²) in [7, 11) is 0. The molecule has 1 aliphatic carbocycles. The Morgan fingerprint density at radius 2 is 1.83 bits per heavy atom. The van der Waals surface area contributed by atoms with Crippen LogP contribution in [-0.2, 0) is 12.8 Å². The molecular formula is C16H25NO. The van der Waals surface area contributed by atoms with Gasteiger partial charge in [-0.05, 0) is 54.8 Å². The fourth-order valence-electron chi connectivity index (χ4n) is 2.59. The van der Waals surface area contributed by atoms with Crippen molar-refractivity contribution in [2.45, 2.75) is 45.6 Å². The Kier molecular flexibility index (Phi) is 4.79. The molecule has 2 nitrogen and oxygen atoms in total. The number of hydrogen-bond donors (Lipinski definition) is 2. The minimum atomic E-state index is -0.379. The van der Waals surface area contributed by atoms with Crippen LogP contribution in [0.4, 0.5) is 0 Å². The summed E-state index contributed by atoms with van der Waals surface area (Å²) >= 11 is 0. The first-order valence-corrected chi connectivity index (χ1v) is 7.17. The quantitative estimate of drug-likeness (QED) is 0.838. The topological polar surface area (TPSA) is 32.3 Å². The van der Waals surface area contributed by atoms with E-state index >= 15 is 0 Å². The van der Waals surface area contributed by atoms with E-state index in [0.717, 1.165) is 12.1 Å². The van der Waals surface area contributed by atoms with E-state index in [1.54, 1.807) is 0 Å². The zero-order chi connectivity index (χ0) is 13.0. The molecule has 0 heterocycles. The van der Waals surface area contributed by atoms with Gasteiger partial charge < -0.3 is 10.4 Å². The number of aryl methyl sites for hydroxylation is 2. The SMILES string of the molecule is CC(C)CNCC(O)c1ccc2c(c1)CCCC2. The normalized spacial score (nSPS) is 16.7. The van der Waals surface area contributed by atoms with Crippen LogP contribution in [0.2, 0.25) is 0 Å². The van der Waals surface area contributed by atoms with E-state index in [4.69, 9.17) is 0 Å². The maximum Gasteiger partial charge on any atom is 0.0914 e. The second-order valence-corrected chi connectivity index (χ2v) is 5.80. The third-order valence-corrected chi connectivity index (χ3v) is 3.65. The first-order chi connectivity index (χ1) is 8.66. The summed E-state index contributed by atoms with van der Waals surface area (Å²) in [5.74, 6) is 0.626. The van der Waals surface area contributed by atoms with E-state index in [-0.39, 0.29) is 6.10 Å². The molecule has 1 unspecified atom stereocenters. The van der Waals surface area contributed by atoms with Gasteiger partial charge in [-0.3, -0.25) is 0 Å². The van der Waals surface area contributed by atoms with Crippen LogP contribution in [-0.4, -0.2) is 18.2 Å². The predicted molar refractivity (Wildman–Crippen MR) is 75.8 cm³/mol. The molecule has 0 spiro atoms. The highest BCUT2D eigenvalue weighted by Gasteiger charge is 2.13. The average molecular weight is 247 g/mol. The highest BCUT2D eigenvalue weighted by atomic mass is 16.3. The van der Waals surface area contributed by atoms with Crippen LogP contribution >= 0.6 is 0 Å². The zero-order valence-electron chi connectivity index (χ0n) is 11.6. The lowest BCUT2D eigenvalue weighted by Gasteiger charge is -2.19. The minimum Gasteiger partial charge on any atom is -0.387 e. The molecule has 1 aromatic rings. The molecule has 2 N–H and O–H groups in total. The summed E-state index contributed by atoms with van der Waals surface area (Å²) in [6.45, 7) is 5.97. The van der Waals surface area contributed by atoms with Crippen LogP contribution in [0.15, 0.2) is 18.2 Å². The summed E-state index contributed by atoms with van der Waals surface area (Å²) < 4.78 is 0. The molecule has 0 saturated heterocycles. The molecule has 0 fully saturated rings. The summed E-state index contributed by atoms with van der Waals surface area (Å²) in [4.78, 5) is 0. The van der Waals surface area contributed by atoms with Crippen molar-refractivity contribution in [3.8, 4) is 0 Å². The molecule has 0 aromatic heterocycles. The fourth-order valence-corrected chi connectivity index (χ4v) is 2.59. The predicted octanol–water partition coefficient (Wildman–Crippen LogP) is 2.84. The van der Waals surface area contributed by atoms with Crippen molar-refractivity contribution in [1.29, 1.82) is 0 Å². The van der Waals surface area contributed by atoms with Crippen molar-refractivity contribution in [2.24, 2.45) is 5.92 Å². The number of hydrogen-bond acceptors (Lipinski definition) is 2. The van der Waals surface area contributed by atoms with Gasteiger partial charge in [0, 0.05) is 6.54 Å². The van der Waals surface area contributed by atoms with Crippen molar-refractivity contribution in [3.05, 3.63) is 34.9 Å². The van der Waals surface area contributed by atoms with E-state index in [2.05, 4.69) is 37.4 Å². The van der Waals surface area contributed by atoms with Gasteiger partial charge in [0.1, 0.15) is 0 Å². The molecule has 1 aliphatic rings. The molecular weight excluding hydrogens is 222 g/mol. The van der Waals surface area contributed by atoms with Crippen molar-refractivity contribution in [1.82, 2.24) is 5.32 Å². The summed E-state index contributed by atoms with van der Waals surface area (Å²) in [5.41, 5.74) is 3.99. The van der Waals surface area contributed by atoms with E-state index in [1.807, 2.05) is 0 Å². The van der Waals surface area contributed by atoms with Gasteiger partial charge in [-0.2, -0.15) is 0 Å². The van der Waals surface area contributed by atoms with Crippen LogP contribution in [0, 0.1) is 5.92 Å². The Bertz CT molecular complexity index is 387. The summed E-state index contributed by atoms with van der Waals surface area (Å²) in [5, 5.41) is 13.5.